The Labute approximate surface area is 123 Å². The summed E-state index contributed by atoms with van der Waals surface area (Å²) in [4.78, 5) is 11.7. The van der Waals surface area contributed by atoms with E-state index in [9.17, 15) is 0 Å². The summed E-state index contributed by atoms with van der Waals surface area (Å²) in [5.41, 5.74) is 12.1. The van der Waals surface area contributed by atoms with Gasteiger partial charge in [-0.2, -0.15) is 15.0 Å². The summed E-state index contributed by atoms with van der Waals surface area (Å²) in [5.74, 6) is 2.40. The predicted octanol–water partition coefficient (Wildman–Crippen LogP) is 1.75. The fourth-order valence-corrected chi connectivity index (χ4v) is 1.90. The molecule has 0 unspecified atom stereocenters. The van der Waals surface area contributed by atoms with Gasteiger partial charge in [-0.3, -0.25) is 0 Å². The number of aromatic nitrogens is 3. The maximum absolute atomic E-state index is 5.77. The molecule has 2 rings (SSSR count). The van der Waals surface area contributed by atoms with Crippen LogP contribution in [0.4, 0.5) is 11.9 Å². The first-order valence-electron chi connectivity index (χ1n) is 6.56. The van der Waals surface area contributed by atoms with Gasteiger partial charge in [0, 0.05) is 5.56 Å². The van der Waals surface area contributed by atoms with Crippen molar-refractivity contribution in [1.29, 1.82) is 0 Å². The zero-order valence-electron chi connectivity index (χ0n) is 12.3. The molecule has 7 heteroatoms. The van der Waals surface area contributed by atoms with Crippen LogP contribution in [0.5, 0.6) is 11.5 Å². The molecule has 0 aliphatic rings. The van der Waals surface area contributed by atoms with Crippen molar-refractivity contribution in [3.8, 4) is 11.5 Å². The second-order valence-corrected chi connectivity index (χ2v) is 4.82. The lowest BCUT2D eigenvalue weighted by Gasteiger charge is -2.15. The third kappa shape index (κ3) is 3.71. The minimum atomic E-state index is 0.0833. The number of hydrogen-bond donors (Lipinski definition) is 2. The van der Waals surface area contributed by atoms with Crippen molar-refractivity contribution < 1.29 is 9.47 Å². The van der Waals surface area contributed by atoms with E-state index in [0.29, 0.717) is 11.7 Å². The molecule has 0 fully saturated rings. The summed E-state index contributed by atoms with van der Waals surface area (Å²) in [6.07, 6.45) is 0. The van der Waals surface area contributed by atoms with Gasteiger partial charge in [0.05, 0.1) is 7.11 Å². The van der Waals surface area contributed by atoms with Crippen LogP contribution in [0, 0.1) is 0 Å². The van der Waals surface area contributed by atoms with Crippen LogP contribution in [0.2, 0.25) is 0 Å². The number of methoxy groups -OCH3 is 1. The fraction of sp³-hybridized carbons (Fsp3) is 0.357. The lowest BCUT2D eigenvalue weighted by Crippen LogP contribution is -2.09. The summed E-state index contributed by atoms with van der Waals surface area (Å²) in [5, 5.41) is 0. The Bertz CT molecular complexity index is 611. The molecule has 0 saturated carbocycles. The molecular formula is C14H19N5O2. The van der Waals surface area contributed by atoms with Crippen molar-refractivity contribution in [3.05, 3.63) is 29.6 Å². The van der Waals surface area contributed by atoms with E-state index in [1.54, 1.807) is 7.11 Å². The Morgan fingerprint density at radius 2 is 1.76 bits per heavy atom. The van der Waals surface area contributed by atoms with Gasteiger partial charge in [0.15, 0.2) is 5.82 Å². The number of nitrogen functional groups attached to an aromatic ring is 2. The first kappa shape index (κ1) is 14.8. The van der Waals surface area contributed by atoms with E-state index in [0.717, 1.165) is 17.1 Å². The van der Waals surface area contributed by atoms with Crippen molar-refractivity contribution >= 4 is 11.9 Å². The number of ether oxygens (including phenoxy) is 2. The summed E-state index contributed by atoms with van der Waals surface area (Å²) >= 11 is 0. The summed E-state index contributed by atoms with van der Waals surface area (Å²) in [7, 11) is 1.64. The van der Waals surface area contributed by atoms with E-state index in [2.05, 4.69) is 28.8 Å². The SMILES string of the molecule is COc1ccc(OCc2nc(N)nc(N)n2)c(C(C)C)c1. The highest BCUT2D eigenvalue weighted by atomic mass is 16.5. The minimum absolute atomic E-state index is 0.0833. The Balaban J connectivity index is 2.19. The van der Waals surface area contributed by atoms with Gasteiger partial charge < -0.3 is 20.9 Å². The van der Waals surface area contributed by atoms with Crippen LogP contribution >= 0.6 is 0 Å². The molecule has 4 N–H and O–H groups in total. The molecule has 0 spiro atoms. The maximum atomic E-state index is 5.77. The molecule has 0 aliphatic heterocycles. The van der Waals surface area contributed by atoms with Crippen LogP contribution in [0.3, 0.4) is 0 Å². The maximum Gasteiger partial charge on any atom is 0.225 e. The first-order valence-corrected chi connectivity index (χ1v) is 6.56. The fourth-order valence-electron chi connectivity index (χ4n) is 1.90. The number of rotatable bonds is 5. The molecule has 0 bridgehead atoms. The molecule has 7 nitrogen and oxygen atoms in total. The average molecular weight is 289 g/mol. The Morgan fingerprint density at radius 1 is 1.10 bits per heavy atom. The summed E-state index contributed by atoms with van der Waals surface area (Å²) < 4.78 is 11.0. The monoisotopic (exact) mass is 289 g/mol. The average Bonchev–Trinajstić information content (AvgIpc) is 2.43. The summed E-state index contributed by atoms with van der Waals surface area (Å²) in [6.45, 7) is 4.34. The van der Waals surface area contributed by atoms with Crippen molar-refractivity contribution in [2.24, 2.45) is 0 Å². The molecule has 0 saturated heterocycles. The Hall–Kier alpha value is -2.57. The smallest absolute Gasteiger partial charge is 0.225 e. The third-order valence-corrected chi connectivity index (χ3v) is 2.91. The zero-order chi connectivity index (χ0) is 15.4. The molecule has 1 aromatic carbocycles. The third-order valence-electron chi connectivity index (χ3n) is 2.91. The number of benzene rings is 1. The lowest BCUT2D eigenvalue weighted by atomic mass is 10.0. The molecule has 0 amide bonds. The molecule has 0 atom stereocenters. The van der Waals surface area contributed by atoms with Crippen molar-refractivity contribution in [3.63, 3.8) is 0 Å². The number of hydrogen-bond acceptors (Lipinski definition) is 7. The molecule has 112 valence electrons. The molecule has 1 aromatic heterocycles. The van der Waals surface area contributed by atoms with Gasteiger partial charge in [0.25, 0.3) is 0 Å². The van der Waals surface area contributed by atoms with E-state index in [1.807, 2.05) is 18.2 Å². The van der Waals surface area contributed by atoms with Gasteiger partial charge in [-0.15, -0.1) is 0 Å². The van der Waals surface area contributed by atoms with Gasteiger partial charge in [-0.25, -0.2) is 0 Å². The molecule has 1 heterocycles. The van der Waals surface area contributed by atoms with Crippen molar-refractivity contribution in [2.45, 2.75) is 26.4 Å². The van der Waals surface area contributed by atoms with E-state index >= 15 is 0 Å². The number of nitrogens with zero attached hydrogens (tertiary/aromatic N) is 3. The van der Waals surface area contributed by atoms with Crippen LogP contribution in [0.1, 0.15) is 31.2 Å². The Kier molecular flexibility index (Phi) is 4.42. The van der Waals surface area contributed by atoms with E-state index in [-0.39, 0.29) is 18.5 Å². The first-order chi connectivity index (χ1) is 9.99. The molecule has 21 heavy (non-hydrogen) atoms. The van der Waals surface area contributed by atoms with Crippen LogP contribution in [0.25, 0.3) is 0 Å². The standard InChI is InChI=1S/C14H19N5O2/c1-8(2)10-6-9(20-3)4-5-11(10)21-7-12-17-13(15)19-14(16)18-12/h4-6,8H,7H2,1-3H3,(H4,15,16,17,18,19). The second-order valence-electron chi connectivity index (χ2n) is 4.82. The number of anilines is 2. The van der Waals surface area contributed by atoms with Crippen LogP contribution in [-0.2, 0) is 6.61 Å². The second kappa shape index (κ2) is 6.25. The largest absolute Gasteiger partial charge is 0.497 e. The predicted molar refractivity (Wildman–Crippen MR) is 80.1 cm³/mol. The molecule has 0 radical (unpaired) electrons. The van der Waals surface area contributed by atoms with Gasteiger partial charge in [0.1, 0.15) is 18.1 Å². The van der Waals surface area contributed by atoms with Gasteiger partial charge >= 0.3 is 0 Å². The van der Waals surface area contributed by atoms with Crippen molar-refractivity contribution in [1.82, 2.24) is 15.0 Å². The van der Waals surface area contributed by atoms with Crippen molar-refractivity contribution in [2.75, 3.05) is 18.6 Å². The lowest BCUT2D eigenvalue weighted by molar-refractivity contribution is 0.291. The highest BCUT2D eigenvalue weighted by Crippen LogP contribution is 2.30. The molecule has 2 aromatic rings. The van der Waals surface area contributed by atoms with Gasteiger partial charge in [-0.1, -0.05) is 13.8 Å². The highest BCUT2D eigenvalue weighted by molar-refractivity contribution is 5.42. The zero-order valence-corrected chi connectivity index (χ0v) is 12.3. The molecule has 0 aliphatic carbocycles. The quantitative estimate of drug-likeness (QED) is 0.862. The Morgan fingerprint density at radius 3 is 2.33 bits per heavy atom. The topological polar surface area (TPSA) is 109 Å². The van der Waals surface area contributed by atoms with Gasteiger partial charge in [-0.05, 0) is 24.1 Å². The normalized spacial score (nSPS) is 10.7. The minimum Gasteiger partial charge on any atom is -0.497 e. The van der Waals surface area contributed by atoms with Crippen LogP contribution < -0.4 is 20.9 Å². The molecular weight excluding hydrogens is 270 g/mol. The highest BCUT2D eigenvalue weighted by Gasteiger charge is 2.11. The number of nitrogens with two attached hydrogens (primary N) is 2. The van der Waals surface area contributed by atoms with Crippen LogP contribution in [0.15, 0.2) is 18.2 Å². The van der Waals surface area contributed by atoms with Crippen LogP contribution in [-0.4, -0.2) is 22.1 Å². The van der Waals surface area contributed by atoms with E-state index in [4.69, 9.17) is 20.9 Å². The van der Waals surface area contributed by atoms with E-state index in [1.165, 1.54) is 0 Å². The van der Waals surface area contributed by atoms with E-state index < -0.39 is 0 Å². The summed E-state index contributed by atoms with van der Waals surface area (Å²) in [6, 6.07) is 5.66. The van der Waals surface area contributed by atoms with Gasteiger partial charge in [0.2, 0.25) is 11.9 Å².